The molecule has 6 nitrogen and oxygen atoms in total. The van der Waals surface area contributed by atoms with Gasteiger partial charge in [0.15, 0.2) is 0 Å². The van der Waals surface area contributed by atoms with Crippen LogP contribution in [0, 0.1) is 0 Å². The van der Waals surface area contributed by atoms with Gasteiger partial charge in [0, 0.05) is 43.7 Å². The van der Waals surface area contributed by atoms with Gasteiger partial charge in [-0.25, -0.2) is 4.79 Å². The molecule has 6 heteroatoms. The Hall–Kier alpha value is -2.99. The highest BCUT2D eigenvalue weighted by Gasteiger charge is 2.20. The van der Waals surface area contributed by atoms with Crippen LogP contribution in [-0.2, 0) is 6.54 Å². The van der Waals surface area contributed by atoms with Gasteiger partial charge >= 0.3 is 6.09 Å². The molecule has 1 amide bonds. The Kier molecular flexibility index (Phi) is 4.50. The fraction of sp³-hybridized carbons (Fsp3) is 0.250. The molecule has 1 saturated heterocycles. The van der Waals surface area contributed by atoms with Crippen molar-refractivity contribution in [2.75, 3.05) is 26.2 Å². The molecule has 3 aromatic rings. The molecule has 2 heterocycles. The van der Waals surface area contributed by atoms with Crippen molar-refractivity contribution < 1.29 is 9.90 Å². The lowest BCUT2D eigenvalue weighted by Crippen LogP contribution is -2.47. The second kappa shape index (κ2) is 7.09. The fourth-order valence-corrected chi connectivity index (χ4v) is 3.41. The molecule has 0 saturated carbocycles. The van der Waals surface area contributed by atoms with E-state index < -0.39 is 6.09 Å². The molecule has 1 N–H and O–H groups in total. The summed E-state index contributed by atoms with van der Waals surface area (Å²) in [7, 11) is 0. The lowest BCUT2D eigenvalue weighted by molar-refractivity contribution is 0.103. The number of rotatable bonds is 3. The molecule has 0 atom stereocenters. The van der Waals surface area contributed by atoms with Gasteiger partial charge in [-0.2, -0.15) is 10.2 Å². The standard InChI is InChI=1S/C20H20N4O2/c25-20(26)24-10-8-23(9-11-24)14-15-6-7-19-17(12-15)18(13-21-22-19)16-4-2-1-3-5-16/h1-7,12-13H,8-11,14H2,(H,25,26). The summed E-state index contributed by atoms with van der Waals surface area (Å²) in [6.45, 7) is 3.43. The maximum absolute atomic E-state index is 11.0. The van der Waals surface area contributed by atoms with Crippen molar-refractivity contribution in [3.63, 3.8) is 0 Å². The van der Waals surface area contributed by atoms with Crippen molar-refractivity contribution in [2.24, 2.45) is 0 Å². The lowest BCUT2D eigenvalue weighted by atomic mass is 10.0. The summed E-state index contributed by atoms with van der Waals surface area (Å²) in [6, 6.07) is 16.5. The third-order valence-corrected chi connectivity index (χ3v) is 4.84. The Labute approximate surface area is 151 Å². The van der Waals surface area contributed by atoms with Gasteiger partial charge in [-0.3, -0.25) is 4.90 Å². The Morgan fingerprint density at radius 1 is 1.04 bits per heavy atom. The Bertz CT molecular complexity index is 922. The van der Waals surface area contributed by atoms with Crippen LogP contribution >= 0.6 is 0 Å². The van der Waals surface area contributed by atoms with E-state index in [0.29, 0.717) is 13.1 Å². The van der Waals surface area contributed by atoms with Gasteiger partial charge in [-0.15, -0.1) is 0 Å². The molecule has 0 aliphatic carbocycles. The number of hydrogen-bond acceptors (Lipinski definition) is 4. The van der Waals surface area contributed by atoms with Gasteiger partial charge in [0.05, 0.1) is 11.7 Å². The molecular weight excluding hydrogens is 328 g/mol. The zero-order valence-corrected chi connectivity index (χ0v) is 14.4. The number of benzene rings is 2. The van der Waals surface area contributed by atoms with Crippen LogP contribution in [0.4, 0.5) is 4.79 Å². The minimum atomic E-state index is -0.832. The summed E-state index contributed by atoms with van der Waals surface area (Å²) in [5.41, 5.74) is 4.28. The number of carboxylic acid groups (broad SMARTS) is 1. The average Bonchev–Trinajstić information content (AvgIpc) is 2.68. The normalized spacial score (nSPS) is 15.3. The molecule has 0 unspecified atom stereocenters. The number of amides is 1. The quantitative estimate of drug-likeness (QED) is 0.788. The molecule has 1 aliphatic rings. The number of aromatic nitrogens is 2. The van der Waals surface area contributed by atoms with Crippen LogP contribution in [0.2, 0.25) is 0 Å². The first kappa shape index (κ1) is 16.5. The Balaban J connectivity index is 1.59. The molecule has 0 radical (unpaired) electrons. The van der Waals surface area contributed by atoms with E-state index in [2.05, 4.69) is 39.4 Å². The predicted molar refractivity (Wildman–Crippen MR) is 99.8 cm³/mol. The van der Waals surface area contributed by atoms with Crippen LogP contribution in [0.25, 0.3) is 22.0 Å². The van der Waals surface area contributed by atoms with E-state index in [9.17, 15) is 4.79 Å². The summed E-state index contributed by atoms with van der Waals surface area (Å²) in [6.07, 6.45) is 0.981. The van der Waals surface area contributed by atoms with Gasteiger partial charge < -0.3 is 10.0 Å². The monoisotopic (exact) mass is 348 g/mol. The van der Waals surface area contributed by atoms with Crippen LogP contribution in [0.3, 0.4) is 0 Å². The molecule has 0 bridgehead atoms. The Morgan fingerprint density at radius 3 is 2.54 bits per heavy atom. The third kappa shape index (κ3) is 3.36. The van der Waals surface area contributed by atoms with Crippen LogP contribution in [0.1, 0.15) is 5.56 Å². The number of piperazine rings is 1. The maximum Gasteiger partial charge on any atom is 0.407 e. The topological polar surface area (TPSA) is 69.6 Å². The first-order valence-electron chi connectivity index (χ1n) is 8.71. The van der Waals surface area contributed by atoms with E-state index in [1.54, 1.807) is 0 Å². The first-order chi connectivity index (χ1) is 12.7. The molecule has 2 aromatic carbocycles. The largest absolute Gasteiger partial charge is 0.465 e. The number of carbonyl (C=O) groups is 1. The van der Waals surface area contributed by atoms with Crippen molar-refractivity contribution in [3.05, 3.63) is 60.3 Å². The third-order valence-electron chi connectivity index (χ3n) is 4.84. The molecule has 132 valence electrons. The lowest BCUT2D eigenvalue weighted by Gasteiger charge is -2.33. The zero-order valence-electron chi connectivity index (χ0n) is 14.4. The summed E-state index contributed by atoms with van der Waals surface area (Å²) < 4.78 is 0. The van der Waals surface area contributed by atoms with E-state index in [1.807, 2.05) is 30.5 Å². The zero-order chi connectivity index (χ0) is 17.9. The van der Waals surface area contributed by atoms with Crippen LogP contribution in [0.15, 0.2) is 54.7 Å². The molecule has 1 fully saturated rings. The molecule has 0 spiro atoms. The summed E-state index contributed by atoms with van der Waals surface area (Å²) >= 11 is 0. The van der Waals surface area contributed by atoms with Crippen LogP contribution in [0.5, 0.6) is 0 Å². The predicted octanol–water partition coefficient (Wildman–Crippen LogP) is 3.09. The van der Waals surface area contributed by atoms with E-state index in [0.717, 1.165) is 41.7 Å². The minimum Gasteiger partial charge on any atom is -0.465 e. The van der Waals surface area contributed by atoms with E-state index in [-0.39, 0.29) is 0 Å². The van der Waals surface area contributed by atoms with Gasteiger partial charge in [0.25, 0.3) is 0 Å². The van der Waals surface area contributed by atoms with Crippen molar-refractivity contribution in [1.82, 2.24) is 20.0 Å². The van der Waals surface area contributed by atoms with Crippen LogP contribution < -0.4 is 0 Å². The number of hydrogen-bond donors (Lipinski definition) is 1. The SMILES string of the molecule is O=C(O)N1CCN(Cc2ccc3nncc(-c4ccccc4)c3c2)CC1. The van der Waals surface area contributed by atoms with Crippen molar-refractivity contribution in [2.45, 2.75) is 6.54 Å². The Morgan fingerprint density at radius 2 is 1.81 bits per heavy atom. The van der Waals surface area contributed by atoms with Crippen LogP contribution in [-0.4, -0.2) is 57.4 Å². The number of nitrogens with zero attached hydrogens (tertiary/aromatic N) is 4. The highest BCUT2D eigenvalue weighted by atomic mass is 16.4. The first-order valence-corrected chi connectivity index (χ1v) is 8.71. The van der Waals surface area contributed by atoms with Gasteiger partial charge in [-0.1, -0.05) is 36.4 Å². The maximum atomic E-state index is 11.0. The van der Waals surface area contributed by atoms with Crippen molar-refractivity contribution >= 4 is 17.0 Å². The summed E-state index contributed by atoms with van der Waals surface area (Å²) in [5, 5.41) is 18.5. The molecule has 26 heavy (non-hydrogen) atoms. The highest BCUT2D eigenvalue weighted by Crippen LogP contribution is 2.27. The fourth-order valence-electron chi connectivity index (χ4n) is 3.41. The summed E-state index contributed by atoms with van der Waals surface area (Å²) in [5.74, 6) is 0. The van der Waals surface area contributed by atoms with Crippen molar-refractivity contribution in [1.29, 1.82) is 0 Å². The van der Waals surface area contributed by atoms with Crippen molar-refractivity contribution in [3.8, 4) is 11.1 Å². The van der Waals surface area contributed by atoms with Gasteiger partial charge in [0.2, 0.25) is 0 Å². The molecule has 1 aliphatic heterocycles. The van der Waals surface area contributed by atoms with E-state index in [1.165, 1.54) is 10.5 Å². The average molecular weight is 348 g/mol. The van der Waals surface area contributed by atoms with E-state index >= 15 is 0 Å². The number of fused-ring (bicyclic) bond motifs is 1. The molecular formula is C20H20N4O2. The summed E-state index contributed by atoms with van der Waals surface area (Å²) in [4.78, 5) is 14.8. The smallest absolute Gasteiger partial charge is 0.407 e. The second-order valence-electron chi connectivity index (χ2n) is 6.52. The highest BCUT2D eigenvalue weighted by molar-refractivity contribution is 5.94. The molecule has 4 rings (SSSR count). The second-order valence-corrected chi connectivity index (χ2v) is 6.52. The van der Waals surface area contributed by atoms with Gasteiger partial charge in [-0.05, 0) is 23.3 Å². The minimum absolute atomic E-state index is 0.559. The van der Waals surface area contributed by atoms with Gasteiger partial charge in [0.1, 0.15) is 0 Å². The molecule has 1 aromatic heterocycles. The van der Waals surface area contributed by atoms with E-state index in [4.69, 9.17) is 5.11 Å².